The average molecular weight is 310 g/mol. The minimum atomic E-state index is -3.20. The van der Waals surface area contributed by atoms with Crippen LogP contribution < -0.4 is 4.52 Å². The number of hydrogen-bond acceptors (Lipinski definition) is 6. The summed E-state index contributed by atoms with van der Waals surface area (Å²) in [5.41, 5.74) is 0.181. The second kappa shape index (κ2) is 6.20. The van der Waals surface area contributed by atoms with Gasteiger partial charge in [0.1, 0.15) is 11.3 Å². The van der Waals surface area contributed by atoms with Crippen molar-refractivity contribution >= 4 is 24.2 Å². The number of non-ortho nitro benzene ring substituents is 1. The molecule has 2 rings (SSSR count). The lowest BCUT2D eigenvalue weighted by Gasteiger charge is -2.16. The molecule has 0 N–H and O–H groups in total. The maximum atomic E-state index is 12.3. The number of hydrogen-bond donors (Lipinski definition) is 0. The SMILES string of the molecule is CCOP(=O)(CC)Oc1cnc2c([N+](=O)[O-])cccc2c1. The van der Waals surface area contributed by atoms with Crippen LogP contribution in [0.5, 0.6) is 5.75 Å². The van der Waals surface area contributed by atoms with Gasteiger partial charge in [-0.15, -0.1) is 0 Å². The first-order chi connectivity index (χ1) is 9.99. The van der Waals surface area contributed by atoms with Gasteiger partial charge in [-0.3, -0.25) is 10.1 Å². The highest BCUT2D eigenvalue weighted by Crippen LogP contribution is 2.47. The number of aromatic nitrogens is 1. The van der Waals surface area contributed by atoms with E-state index in [1.54, 1.807) is 32.0 Å². The van der Waals surface area contributed by atoms with Gasteiger partial charge in [-0.2, -0.15) is 0 Å². The smallest absolute Gasteiger partial charge is 0.378 e. The topological polar surface area (TPSA) is 91.6 Å². The van der Waals surface area contributed by atoms with E-state index in [1.165, 1.54) is 12.3 Å². The van der Waals surface area contributed by atoms with E-state index >= 15 is 0 Å². The van der Waals surface area contributed by atoms with Crippen LogP contribution in [0.15, 0.2) is 30.5 Å². The van der Waals surface area contributed by atoms with Crippen molar-refractivity contribution in [2.45, 2.75) is 13.8 Å². The minimum Gasteiger partial charge on any atom is -0.423 e. The number of para-hydroxylation sites is 1. The van der Waals surface area contributed by atoms with Crippen molar-refractivity contribution in [3.8, 4) is 5.75 Å². The van der Waals surface area contributed by atoms with Crippen LogP contribution in [-0.4, -0.2) is 22.7 Å². The molecule has 0 fully saturated rings. The number of nitro benzene ring substituents is 1. The van der Waals surface area contributed by atoms with Crippen molar-refractivity contribution in [3.05, 3.63) is 40.6 Å². The Morgan fingerprint density at radius 3 is 2.76 bits per heavy atom. The van der Waals surface area contributed by atoms with Gasteiger partial charge < -0.3 is 9.05 Å². The Kier molecular flexibility index (Phi) is 4.55. The van der Waals surface area contributed by atoms with Crippen LogP contribution in [0, 0.1) is 10.1 Å². The molecule has 0 aliphatic rings. The van der Waals surface area contributed by atoms with Crippen molar-refractivity contribution in [1.82, 2.24) is 4.98 Å². The maximum Gasteiger partial charge on any atom is 0.378 e. The molecule has 0 saturated carbocycles. The summed E-state index contributed by atoms with van der Waals surface area (Å²) in [6.07, 6.45) is 1.55. The van der Waals surface area contributed by atoms with Gasteiger partial charge in [-0.25, -0.2) is 9.55 Å². The van der Waals surface area contributed by atoms with E-state index in [2.05, 4.69) is 4.98 Å². The first-order valence-corrected chi connectivity index (χ1v) is 8.18. The van der Waals surface area contributed by atoms with Gasteiger partial charge in [0.2, 0.25) is 0 Å². The van der Waals surface area contributed by atoms with Gasteiger partial charge in [0.15, 0.2) is 0 Å². The molecular weight excluding hydrogens is 295 g/mol. The average Bonchev–Trinajstić information content (AvgIpc) is 2.46. The predicted octanol–water partition coefficient (Wildman–Crippen LogP) is 3.77. The first kappa shape index (κ1) is 15.4. The van der Waals surface area contributed by atoms with Crippen molar-refractivity contribution in [1.29, 1.82) is 0 Å². The van der Waals surface area contributed by atoms with E-state index in [1.807, 2.05) is 0 Å². The van der Waals surface area contributed by atoms with Crippen molar-refractivity contribution in [2.24, 2.45) is 0 Å². The van der Waals surface area contributed by atoms with Crippen LogP contribution >= 0.6 is 7.60 Å². The zero-order valence-corrected chi connectivity index (χ0v) is 12.6. The zero-order chi connectivity index (χ0) is 15.5. The summed E-state index contributed by atoms with van der Waals surface area (Å²) in [4.78, 5) is 14.5. The number of pyridine rings is 1. The van der Waals surface area contributed by atoms with Crippen molar-refractivity contribution < 1.29 is 18.5 Å². The number of fused-ring (bicyclic) bond motifs is 1. The summed E-state index contributed by atoms with van der Waals surface area (Å²) < 4.78 is 22.8. The quantitative estimate of drug-likeness (QED) is 0.458. The molecule has 1 heterocycles. The van der Waals surface area contributed by atoms with Gasteiger partial charge in [0, 0.05) is 11.5 Å². The van der Waals surface area contributed by atoms with E-state index in [0.717, 1.165) is 0 Å². The standard InChI is InChI=1S/C13H15N2O5P/c1-3-19-21(18,4-2)20-11-8-10-6-5-7-12(15(16)17)13(10)14-9-11/h5-9H,3-4H2,1-2H3. The Hall–Kier alpha value is -1.98. The Morgan fingerprint density at radius 2 is 2.14 bits per heavy atom. The molecule has 2 aromatic rings. The van der Waals surface area contributed by atoms with Crippen LogP contribution in [0.3, 0.4) is 0 Å². The Balaban J connectivity index is 2.40. The molecule has 0 saturated heterocycles. The van der Waals surface area contributed by atoms with E-state index in [0.29, 0.717) is 5.39 Å². The van der Waals surface area contributed by atoms with Crippen LogP contribution in [0.4, 0.5) is 5.69 Å². The van der Waals surface area contributed by atoms with E-state index < -0.39 is 12.5 Å². The molecule has 0 radical (unpaired) electrons. The third-order valence-electron chi connectivity index (χ3n) is 2.82. The van der Waals surface area contributed by atoms with Crippen LogP contribution in [0.2, 0.25) is 0 Å². The Labute approximate surface area is 121 Å². The maximum absolute atomic E-state index is 12.3. The van der Waals surface area contributed by atoms with Crippen LogP contribution in [-0.2, 0) is 9.09 Å². The molecule has 1 aromatic carbocycles. The lowest BCUT2D eigenvalue weighted by Crippen LogP contribution is -2.01. The number of nitro groups is 1. The van der Waals surface area contributed by atoms with Gasteiger partial charge in [0.25, 0.3) is 5.69 Å². The monoisotopic (exact) mass is 310 g/mol. The fourth-order valence-corrected chi connectivity index (χ4v) is 3.04. The fourth-order valence-electron chi connectivity index (χ4n) is 1.86. The van der Waals surface area contributed by atoms with E-state index in [9.17, 15) is 14.7 Å². The summed E-state index contributed by atoms with van der Waals surface area (Å²) in [5.74, 6) is 0.265. The lowest BCUT2D eigenvalue weighted by atomic mass is 10.2. The molecule has 1 atom stereocenters. The Bertz CT molecular complexity index is 719. The third kappa shape index (κ3) is 3.37. The highest BCUT2D eigenvalue weighted by molar-refractivity contribution is 7.54. The number of benzene rings is 1. The lowest BCUT2D eigenvalue weighted by molar-refractivity contribution is -0.383. The van der Waals surface area contributed by atoms with Crippen LogP contribution in [0.1, 0.15) is 13.8 Å². The van der Waals surface area contributed by atoms with Crippen molar-refractivity contribution in [2.75, 3.05) is 12.8 Å². The highest BCUT2D eigenvalue weighted by atomic mass is 31.2. The van der Waals surface area contributed by atoms with Gasteiger partial charge in [0.05, 0.1) is 23.9 Å². The third-order valence-corrected chi connectivity index (χ3v) is 4.73. The first-order valence-electron chi connectivity index (χ1n) is 6.45. The second-order valence-corrected chi connectivity index (χ2v) is 6.51. The predicted molar refractivity (Wildman–Crippen MR) is 78.8 cm³/mol. The fraction of sp³-hybridized carbons (Fsp3) is 0.308. The molecule has 21 heavy (non-hydrogen) atoms. The summed E-state index contributed by atoms with van der Waals surface area (Å²) in [6, 6.07) is 6.19. The van der Waals surface area contributed by atoms with Gasteiger partial charge in [-0.1, -0.05) is 19.1 Å². The zero-order valence-electron chi connectivity index (χ0n) is 11.7. The summed E-state index contributed by atoms with van der Waals surface area (Å²) in [6.45, 7) is 3.71. The summed E-state index contributed by atoms with van der Waals surface area (Å²) in [5, 5.41) is 11.5. The van der Waals surface area contributed by atoms with Gasteiger partial charge >= 0.3 is 7.60 Å². The normalized spacial score (nSPS) is 13.8. The van der Waals surface area contributed by atoms with E-state index in [4.69, 9.17) is 9.05 Å². The molecule has 0 aliphatic carbocycles. The molecule has 7 nitrogen and oxygen atoms in total. The molecule has 112 valence electrons. The Morgan fingerprint density at radius 1 is 1.38 bits per heavy atom. The number of rotatable bonds is 6. The summed E-state index contributed by atoms with van der Waals surface area (Å²) >= 11 is 0. The molecule has 1 unspecified atom stereocenters. The summed E-state index contributed by atoms with van der Waals surface area (Å²) in [7, 11) is -3.20. The largest absolute Gasteiger partial charge is 0.423 e. The van der Waals surface area contributed by atoms with Gasteiger partial charge in [-0.05, 0) is 13.0 Å². The molecule has 0 amide bonds. The molecule has 1 aromatic heterocycles. The molecule has 8 heteroatoms. The number of nitrogens with zero attached hydrogens (tertiary/aromatic N) is 2. The molecule has 0 spiro atoms. The molecular formula is C13H15N2O5P. The van der Waals surface area contributed by atoms with E-state index in [-0.39, 0.29) is 29.7 Å². The van der Waals surface area contributed by atoms with Crippen LogP contribution in [0.25, 0.3) is 10.9 Å². The van der Waals surface area contributed by atoms with Crippen molar-refractivity contribution in [3.63, 3.8) is 0 Å². The minimum absolute atomic E-state index is 0.0810. The highest BCUT2D eigenvalue weighted by Gasteiger charge is 2.23. The second-order valence-electron chi connectivity index (χ2n) is 4.21. The molecule has 0 aliphatic heterocycles. The molecule has 0 bridgehead atoms.